The van der Waals surface area contributed by atoms with Crippen molar-refractivity contribution < 1.29 is 4.28 Å². The fraction of sp³-hybridized carbons (Fsp3) is 1.00. The minimum atomic E-state index is 0. The monoisotopic (exact) mass is 74.1 g/mol. The number of hydrogen-bond donors (Lipinski definition) is 0. The second-order valence-corrected chi connectivity index (χ2v) is 0. The van der Waals surface area contributed by atoms with Crippen LogP contribution in [0.1, 0.15) is 18.1 Å². The van der Waals surface area contributed by atoms with Crippen LogP contribution in [0.25, 0.3) is 0 Å². The van der Waals surface area contributed by atoms with Gasteiger partial charge in [-0.05, 0) is 0 Å². The Bertz CT molecular complexity index is 12.9. The molecule has 0 aromatic rings. The van der Waals surface area contributed by atoms with Gasteiger partial charge in [0.25, 0.3) is 0 Å². The van der Waals surface area contributed by atoms with E-state index >= 15 is 0 Å². The quantitative estimate of drug-likeness (QED) is 0.353. The van der Waals surface area contributed by atoms with Crippen LogP contribution in [0.4, 0.5) is 0 Å². The van der Waals surface area contributed by atoms with Crippen molar-refractivity contribution in [3.63, 3.8) is 0 Å². The van der Waals surface area contributed by atoms with Gasteiger partial charge in [0.2, 0.25) is 0 Å². The predicted molar refractivity (Wildman–Crippen MR) is 34.8 cm³/mol. The van der Waals surface area contributed by atoms with Gasteiger partial charge in [-0.25, -0.2) is 0 Å². The Morgan fingerprint density at radius 1 is 1.25 bits per heavy atom. The Kier molecular flexibility index (Phi) is 153. The average molecular weight is 74.1 g/mol. The van der Waals surface area contributed by atoms with Crippen molar-refractivity contribution in [2.24, 2.45) is 0 Å². The van der Waals surface area contributed by atoms with E-state index in [2.05, 4.69) is 0 Å². The molecular formula is C2H16AlLi. The molecule has 0 aliphatic rings. The van der Waals surface area contributed by atoms with E-state index in [1.165, 1.54) is 0 Å². The van der Waals surface area contributed by atoms with E-state index in [4.69, 9.17) is 0 Å². The molecule has 0 rings (SSSR count). The summed E-state index contributed by atoms with van der Waals surface area (Å²) >= 11 is 0. The van der Waals surface area contributed by atoms with E-state index in [9.17, 15) is 0 Å². The van der Waals surface area contributed by atoms with Crippen molar-refractivity contribution in [3.8, 4) is 0 Å². The SMILES string of the molecule is CC.[AlH3].[HH].[HH].[HH].[LiH]. The summed E-state index contributed by atoms with van der Waals surface area (Å²) in [7, 11) is 0. The normalized spacial score (nSPS) is 1.50. The van der Waals surface area contributed by atoms with Gasteiger partial charge in [-0.2, -0.15) is 0 Å². The Balaban J connectivity index is -0.000000000500. The first-order chi connectivity index (χ1) is 1.00. The summed E-state index contributed by atoms with van der Waals surface area (Å²) in [6, 6.07) is 0. The molecule has 0 aliphatic carbocycles. The summed E-state index contributed by atoms with van der Waals surface area (Å²) < 4.78 is 0. The molecular weight excluding hydrogens is 57.9 g/mol. The van der Waals surface area contributed by atoms with Crippen LogP contribution in [-0.4, -0.2) is 36.2 Å². The molecule has 0 radical (unpaired) electrons. The molecule has 0 aromatic heterocycles. The van der Waals surface area contributed by atoms with Crippen LogP contribution in [0.3, 0.4) is 0 Å². The standard InChI is InChI=1S/C2H6.Al.Li.3H2.4H/c1-2;;;;;;;;;/h1-2H3;;;3*1H;;;;. The van der Waals surface area contributed by atoms with Gasteiger partial charge >= 0.3 is 18.9 Å². The van der Waals surface area contributed by atoms with Crippen LogP contribution < -0.4 is 0 Å². The molecule has 4 heavy (non-hydrogen) atoms. The fourth-order valence-corrected chi connectivity index (χ4v) is 0. The van der Waals surface area contributed by atoms with E-state index in [1.54, 1.807) is 0 Å². The van der Waals surface area contributed by atoms with Crippen LogP contribution in [0, 0.1) is 0 Å². The van der Waals surface area contributed by atoms with Gasteiger partial charge in [-0.1, -0.05) is 13.8 Å². The summed E-state index contributed by atoms with van der Waals surface area (Å²) in [4.78, 5) is 0. The molecule has 28 valence electrons. The summed E-state index contributed by atoms with van der Waals surface area (Å²) in [5, 5.41) is 0. The van der Waals surface area contributed by atoms with E-state index in [-0.39, 0.29) is 40.5 Å². The van der Waals surface area contributed by atoms with Crippen LogP contribution in [0.5, 0.6) is 0 Å². The molecule has 0 saturated carbocycles. The summed E-state index contributed by atoms with van der Waals surface area (Å²) in [5.74, 6) is 0. The third-order valence-corrected chi connectivity index (χ3v) is 0. The first-order valence-corrected chi connectivity index (χ1v) is 1.00. The first kappa shape index (κ1) is 19.3. The van der Waals surface area contributed by atoms with Gasteiger partial charge < -0.3 is 0 Å². The van der Waals surface area contributed by atoms with Crippen LogP contribution in [-0.2, 0) is 0 Å². The zero-order valence-electron chi connectivity index (χ0n) is 2.00. The molecule has 0 saturated heterocycles. The average Bonchev–Trinajstić information content (AvgIpc) is 1.00. The van der Waals surface area contributed by atoms with Gasteiger partial charge in [-0.15, -0.1) is 0 Å². The Morgan fingerprint density at radius 3 is 1.25 bits per heavy atom. The van der Waals surface area contributed by atoms with Crippen molar-refractivity contribution >= 4 is 36.2 Å². The zero-order valence-corrected chi connectivity index (χ0v) is 2.00. The van der Waals surface area contributed by atoms with Crippen molar-refractivity contribution in [2.75, 3.05) is 0 Å². The molecule has 0 spiro atoms. The number of rotatable bonds is 0. The second-order valence-electron chi connectivity index (χ2n) is 0. The van der Waals surface area contributed by atoms with Crippen LogP contribution in [0.2, 0.25) is 0 Å². The van der Waals surface area contributed by atoms with Crippen molar-refractivity contribution in [1.29, 1.82) is 0 Å². The van der Waals surface area contributed by atoms with E-state index < -0.39 is 0 Å². The van der Waals surface area contributed by atoms with Gasteiger partial charge in [0.15, 0.2) is 17.4 Å². The van der Waals surface area contributed by atoms with Crippen molar-refractivity contribution in [1.82, 2.24) is 0 Å². The fourth-order valence-electron chi connectivity index (χ4n) is 0. The topological polar surface area (TPSA) is 0 Å². The van der Waals surface area contributed by atoms with Crippen molar-refractivity contribution in [2.45, 2.75) is 13.8 Å². The van der Waals surface area contributed by atoms with Crippen LogP contribution >= 0.6 is 0 Å². The zero-order chi connectivity index (χ0) is 2.00. The van der Waals surface area contributed by atoms with Gasteiger partial charge in [0.1, 0.15) is 0 Å². The second kappa shape index (κ2) is 31.7. The summed E-state index contributed by atoms with van der Waals surface area (Å²) in [6.07, 6.45) is 0. The Hall–Kier alpha value is 1.13. The third-order valence-electron chi connectivity index (χ3n) is 0. The Morgan fingerprint density at radius 2 is 1.25 bits per heavy atom. The molecule has 0 bridgehead atoms. The molecule has 0 nitrogen and oxygen atoms in total. The molecule has 0 amide bonds. The van der Waals surface area contributed by atoms with Gasteiger partial charge in [0.05, 0.1) is 0 Å². The molecule has 0 N–H and O–H groups in total. The Labute approximate surface area is 54.7 Å². The third kappa shape index (κ3) is 11.1. The molecule has 0 atom stereocenters. The minimum absolute atomic E-state index is 0. The maximum atomic E-state index is 2.00. The van der Waals surface area contributed by atoms with Gasteiger partial charge in [-0.3, -0.25) is 0 Å². The maximum absolute atomic E-state index is 2.00. The molecule has 0 aromatic carbocycles. The molecule has 0 fully saturated rings. The number of hydrogen-bond acceptors (Lipinski definition) is 0. The molecule has 0 heterocycles. The van der Waals surface area contributed by atoms with E-state index in [0.29, 0.717) is 0 Å². The van der Waals surface area contributed by atoms with Gasteiger partial charge in [0, 0.05) is 4.28 Å². The van der Waals surface area contributed by atoms with Crippen LogP contribution in [0.15, 0.2) is 0 Å². The van der Waals surface area contributed by atoms with E-state index in [0.717, 1.165) is 0 Å². The summed E-state index contributed by atoms with van der Waals surface area (Å²) in [5.41, 5.74) is 0. The van der Waals surface area contributed by atoms with E-state index in [1.807, 2.05) is 13.8 Å². The predicted octanol–water partition coefficient (Wildman–Crippen LogP) is -0.0682. The van der Waals surface area contributed by atoms with Crippen molar-refractivity contribution in [3.05, 3.63) is 0 Å². The molecule has 0 unspecified atom stereocenters. The molecule has 0 aliphatic heterocycles. The first-order valence-electron chi connectivity index (χ1n) is 1.00. The summed E-state index contributed by atoms with van der Waals surface area (Å²) in [6.45, 7) is 4.00. The molecule has 2 heteroatoms.